The third-order valence-electron chi connectivity index (χ3n) is 2.30. The van der Waals surface area contributed by atoms with Crippen LogP contribution in [-0.4, -0.2) is 29.8 Å². The fourth-order valence-corrected chi connectivity index (χ4v) is 1.40. The molecule has 0 unspecified atom stereocenters. The fraction of sp³-hybridized carbons (Fsp3) is 0.722. The van der Waals surface area contributed by atoms with Gasteiger partial charge in [0.15, 0.2) is 0 Å². The van der Waals surface area contributed by atoms with E-state index in [0.717, 1.165) is 38.0 Å². The minimum Gasteiger partial charge on any atom is -0.344 e. The topological polar surface area (TPSA) is 46.1 Å². The Bertz CT molecular complexity index is 313. The first-order valence-electron chi connectivity index (χ1n) is 8.65. The van der Waals surface area contributed by atoms with E-state index in [-0.39, 0.29) is 0 Å². The predicted molar refractivity (Wildman–Crippen MR) is 98.6 cm³/mol. The number of rotatable bonds is 6. The zero-order valence-corrected chi connectivity index (χ0v) is 16.0. The standard InChI is InChI=1S/C11H19N3.C3H6O.2C2H6/c1-4-6-10-8-12-11(13-9-10)14(3)7-5-2;1-2-3-4;2*1-2/h8-9H,4-7H2,1-3H3;3H,2H2,1H3;2*1-2H3. The lowest BCUT2D eigenvalue weighted by Crippen LogP contribution is -2.20. The highest BCUT2D eigenvalue weighted by Gasteiger charge is 2.01. The number of nitrogens with zero attached hydrogens (tertiary/aromatic N) is 3. The first-order chi connectivity index (χ1) is 10.7. The molecule has 1 rings (SSSR count). The quantitative estimate of drug-likeness (QED) is 0.699. The molecule has 0 radical (unpaired) electrons. The van der Waals surface area contributed by atoms with Crippen molar-refractivity contribution in [1.82, 2.24) is 9.97 Å². The normalized spacial score (nSPS) is 8.18. The van der Waals surface area contributed by atoms with Gasteiger partial charge in [-0.3, -0.25) is 0 Å². The Hall–Kier alpha value is -1.45. The number of aromatic nitrogens is 2. The van der Waals surface area contributed by atoms with E-state index in [4.69, 9.17) is 0 Å². The molecule has 0 aromatic carbocycles. The highest BCUT2D eigenvalue weighted by Crippen LogP contribution is 2.06. The number of aryl methyl sites for hydroxylation is 1. The molecule has 0 atom stereocenters. The molecule has 4 nitrogen and oxygen atoms in total. The number of anilines is 1. The SMILES string of the molecule is CC.CC.CCC=O.CCCc1cnc(N(C)CCC)nc1. The molecule has 1 aromatic heterocycles. The Morgan fingerprint density at radius 3 is 1.77 bits per heavy atom. The number of carbonyl (C=O) groups is 1. The Morgan fingerprint density at radius 2 is 1.45 bits per heavy atom. The zero-order valence-electron chi connectivity index (χ0n) is 16.0. The van der Waals surface area contributed by atoms with E-state index in [2.05, 4.69) is 28.7 Å². The molecular weight excluding hydrogens is 274 g/mol. The van der Waals surface area contributed by atoms with Crippen LogP contribution in [-0.2, 0) is 11.2 Å². The van der Waals surface area contributed by atoms with E-state index >= 15 is 0 Å². The zero-order chi connectivity index (χ0) is 17.8. The summed E-state index contributed by atoms with van der Waals surface area (Å²) in [6.45, 7) is 15.1. The molecule has 1 heterocycles. The lowest BCUT2D eigenvalue weighted by Gasteiger charge is -2.15. The Balaban J connectivity index is -0.000000383. The second-order valence-electron chi connectivity index (χ2n) is 4.14. The lowest BCUT2D eigenvalue weighted by atomic mass is 10.2. The molecule has 0 saturated heterocycles. The molecule has 0 aliphatic rings. The van der Waals surface area contributed by atoms with Gasteiger partial charge in [-0.15, -0.1) is 0 Å². The maximum Gasteiger partial charge on any atom is 0.224 e. The van der Waals surface area contributed by atoms with Crippen LogP contribution >= 0.6 is 0 Å². The van der Waals surface area contributed by atoms with Crippen molar-refractivity contribution in [2.75, 3.05) is 18.5 Å². The molecule has 4 heteroatoms. The molecule has 1 aromatic rings. The Morgan fingerprint density at radius 1 is 1.00 bits per heavy atom. The van der Waals surface area contributed by atoms with Crippen LogP contribution < -0.4 is 4.90 Å². The number of hydrogen-bond donors (Lipinski definition) is 0. The van der Waals surface area contributed by atoms with Gasteiger partial charge in [0, 0.05) is 32.4 Å². The van der Waals surface area contributed by atoms with E-state index in [1.54, 1.807) is 0 Å². The van der Waals surface area contributed by atoms with E-state index in [1.165, 1.54) is 5.56 Å². The average molecular weight is 312 g/mol. The molecule has 0 aliphatic heterocycles. The second-order valence-corrected chi connectivity index (χ2v) is 4.14. The van der Waals surface area contributed by atoms with Crippen LogP contribution in [0.15, 0.2) is 12.4 Å². The summed E-state index contributed by atoms with van der Waals surface area (Å²) in [7, 11) is 2.03. The molecule has 130 valence electrons. The highest BCUT2D eigenvalue weighted by molar-refractivity contribution is 5.48. The summed E-state index contributed by atoms with van der Waals surface area (Å²) in [6, 6.07) is 0. The van der Waals surface area contributed by atoms with Gasteiger partial charge in [-0.2, -0.15) is 0 Å². The number of carbonyl (C=O) groups excluding carboxylic acids is 1. The summed E-state index contributed by atoms with van der Waals surface area (Å²) in [4.78, 5) is 19.9. The summed E-state index contributed by atoms with van der Waals surface area (Å²) in [5.41, 5.74) is 1.22. The maximum atomic E-state index is 9.17. The number of hydrogen-bond acceptors (Lipinski definition) is 4. The van der Waals surface area contributed by atoms with Gasteiger partial charge in [0.05, 0.1) is 0 Å². The molecule has 0 bridgehead atoms. The van der Waals surface area contributed by atoms with Gasteiger partial charge in [-0.1, -0.05) is 54.9 Å². The van der Waals surface area contributed by atoms with E-state index < -0.39 is 0 Å². The monoisotopic (exact) mass is 311 g/mol. The van der Waals surface area contributed by atoms with Gasteiger partial charge >= 0.3 is 0 Å². The molecule has 0 N–H and O–H groups in total. The van der Waals surface area contributed by atoms with Crippen LogP contribution in [0.2, 0.25) is 0 Å². The van der Waals surface area contributed by atoms with Gasteiger partial charge in [0.2, 0.25) is 5.95 Å². The Labute approximate surface area is 138 Å². The van der Waals surface area contributed by atoms with Crippen LogP contribution in [0.25, 0.3) is 0 Å². The van der Waals surface area contributed by atoms with E-state index in [0.29, 0.717) is 6.42 Å². The second kappa shape index (κ2) is 21.8. The Kier molecular flexibility index (Phi) is 25.3. The molecule has 0 saturated carbocycles. The minimum absolute atomic E-state index is 0.639. The van der Waals surface area contributed by atoms with Crippen molar-refractivity contribution >= 4 is 12.2 Å². The molecule has 22 heavy (non-hydrogen) atoms. The first-order valence-corrected chi connectivity index (χ1v) is 8.65. The van der Waals surface area contributed by atoms with Gasteiger partial charge in [0.25, 0.3) is 0 Å². The van der Waals surface area contributed by atoms with E-state index in [9.17, 15) is 4.79 Å². The van der Waals surface area contributed by atoms with Gasteiger partial charge in [-0.25, -0.2) is 9.97 Å². The highest BCUT2D eigenvalue weighted by atomic mass is 16.1. The smallest absolute Gasteiger partial charge is 0.224 e. The molecule has 0 fully saturated rings. The molecular formula is C18H37N3O. The van der Waals surface area contributed by atoms with Crippen LogP contribution in [0.4, 0.5) is 5.95 Å². The van der Waals surface area contributed by atoms with Crippen LogP contribution in [0.3, 0.4) is 0 Å². The maximum absolute atomic E-state index is 9.17. The van der Waals surface area contributed by atoms with Crippen molar-refractivity contribution in [2.24, 2.45) is 0 Å². The minimum atomic E-state index is 0.639. The summed E-state index contributed by atoms with van der Waals surface area (Å²) < 4.78 is 0. The van der Waals surface area contributed by atoms with Gasteiger partial charge in [0.1, 0.15) is 6.29 Å². The van der Waals surface area contributed by atoms with Crippen LogP contribution in [0.1, 0.15) is 73.3 Å². The molecule has 0 spiro atoms. The summed E-state index contributed by atoms with van der Waals surface area (Å²) in [6.07, 6.45) is 8.71. The van der Waals surface area contributed by atoms with Crippen molar-refractivity contribution in [2.45, 2.75) is 74.1 Å². The summed E-state index contributed by atoms with van der Waals surface area (Å²) >= 11 is 0. The summed E-state index contributed by atoms with van der Waals surface area (Å²) in [5, 5.41) is 0. The van der Waals surface area contributed by atoms with Crippen LogP contribution in [0.5, 0.6) is 0 Å². The fourth-order valence-electron chi connectivity index (χ4n) is 1.40. The number of aldehydes is 1. The summed E-state index contributed by atoms with van der Waals surface area (Å²) in [5.74, 6) is 0.826. The average Bonchev–Trinajstić information content (AvgIpc) is 2.60. The lowest BCUT2D eigenvalue weighted by molar-refractivity contribution is -0.107. The van der Waals surface area contributed by atoms with Crippen molar-refractivity contribution in [1.29, 1.82) is 0 Å². The molecule has 0 aliphatic carbocycles. The van der Waals surface area contributed by atoms with Crippen molar-refractivity contribution in [3.63, 3.8) is 0 Å². The van der Waals surface area contributed by atoms with Gasteiger partial charge < -0.3 is 9.69 Å². The van der Waals surface area contributed by atoms with Gasteiger partial charge in [-0.05, 0) is 18.4 Å². The van der Waals surface area contributed by atoms with Crippen molar-refractivity contribution < 1.29 is 4.79 Å². The third-order valence-corrected chi connectivity index (χ3v) is 2.30. The van der Waals surface area contributed by atoms with Crippen LogP contribution in [0, 0.1) is 0 Å². The van der Waals surface area contributed by atoms with Crippen molar-refractivity contribution in [3.05, 3.63) is 18.0 Å². The largest absolute Gasteiger partial charge is 0.344 e. The van der Waals surface area contributed by atoms with E-state index in [1.807, 2.05) is 54.1 Å². The third kappa shape index (κ3) is 14.9. The first kappa shape index (κ1) is 25.5. The predicted octanol–water partition coefficient (Wildman–Crippen LogP) is 4.92. The molecule has 0 amide bonds. The van der Waals surface area contributed by atoms with Crippen molar-refractivity contribution in [3.8, 4) is 0 Å².